The Morgan fingerprint density at radius 3 is 2.29 bits per heavy atom. The molecule has 1 heterocycles. The Kier molecular flexibility index (Phi) is 6.61. The van der Waals surface area contributed by atoms with E-state index in [1.54, 1.807) is 7.11 Å². The fraction of sp³-hybridized carbons (Fsp3) is 0.556. The van der Waals surface area contributed by atoms with Crippen LogP contribution in [0.3, 0.4) is 0 Å². The number of carboxylic acid groups (broad SMARTS) is 1. The monoisotopic (exact) mass is 334 g/mol. The molecule has 1 N–H and O–H groups in total. The summed E-state index contributed by atoms with van der Waals surface area (Å²) >= 11 is 0. The number of carbonyl (C=O) groups excluding carboxylic acids is 1. The topological polar surface area (TPSA) is 70.1 Å². The number of aryl methyl sites for hydroxylation is 1. The van der Waals surface area contributed by atoms with E-state index in [-0.39, 0.29) is 5.91 Å². The summed E-state index contributed by atoms with van der Waals surface area (Å²) in [5.74, 6) is 0.163. The number of ether oxygens (including phenoxy) is 1. The maximum Gasteiger partial charge on any atom is 0.320 e. The number of hydrogen-bond acceptors (Lipinski definition) is 4. The predicted molar refractivity (Wildman–Crippen MR) is 91.2 cm³/mol. The second-order valence-corrected chi connectivity index (χ2v) is 6.03. The molecule has 6 heteroatoms. The largest absolute Gasteiger partial charge is 0.497 e. The Morgan fingerprint density at radius 1 is 1.17 bits per heavy atom. The van der Waals surface area contributed by atoms with Gasteiger partial charge in [-0.3, -0.25) is 14.5 Å². The first-order valence-electron chi connectivity index (χ1n) is 8.42. The molecule has 0 saturated carbocycles. The van der Waals surface area contributed by atoms with Crippen molar-refractivity contribution >= 4 is 11.9 Å². The highest BCUT2D eigenvalue weighted by atomic mass is 16.5. The minimum Gasteiger partial charge on any atom is -0.497 e. The van der Waals surface area contributed by atoms with Gasteiger partial charge in [-0.2, -0.15) is 0 Å². The van der Waals surface area contributed by atoms with Crippen LogP contribution in [0.4, 0.5) is 0 Å². The number of carboxylic acids is 1. The number of aliphatic carboxylic acids is 1. The third-order valence-electron chi connectivity index (χ3n) is 4.57. The second kappa shape index (κ2) is 8.68. The molecule has 0 aromatic heterocycles. The Morgan fingerprint density at radius 2 is 1.79 bits per heavy atom. The summed E-state index contributed by atoms with van der Waals surface area (Å²) < 4.78 is 5.12. The van der Waals surface area contributed by atoms with Gasteiger partial charge in [-0.15, -0.1) is 0 Å². The van der Waals surface area contributed by atoms with E-state index in [0.717, 1.165) is 11.3 Å². The lowest BCUT2D eigenvalue weighted by Crippen LogP contribution is -2.53. The van der Waals surface area contributed by atoms with Gasteiger partial charge in [0.05, 0.1) is 7.11 Å². The molecule has 0 spiro atoms. The van der Waals surface area contributed by atoms with Crippen LogP contribution in [-0.4, -0.2) is 66.1 Å². The fourth-order valence-electron chi connectivity index (χ4n) is 3.07. The van der Waals surface area contributed by atoms with E-state index in [1.165, 1.54) is 0 Å². The van der Waals surface area contributed by atoms with Crippen LogP contribution in [0.1, 0.15) is 25.3 Å². The minimum atomic E-state index is -0.781. The van der Waals surface area contributed by atoms with Crippen molar-refractivity contribution in [3.63, 3.8) is 0 Å². The SMILES string of the molecule is CCC(C(=O)O)N1CCN(C(=O)CCc2ccc(OC)cc2)CC1. The van der Waals surface area contributed by atoms with E-state index >= 15 is 0 Å². The average Bonchev–Trinajstić information content (AvgIpc) is 2.61. The zero-order valence-corrected chi connectivity index (χ0v) is 14.4. The van der Waals surface area contributed by atoms with Gasteiger partial charge in [0.25, 0.3) is 0 Å². The van der Waals surface area contributed by atoms with Gasteiger partial charge in [0, 0.05) is 32.6 Å². The standard InChI is InChI=1S/C18H26N2O4/c1-3-16(18(22)23)19-10-12-20(13-11-19)17(21)9-6-14-4-7-15(24-2)8-5-14/h4-5,7-8,16H,3,6,9-13H2,1-2H3,(H,22,23). The highest BCUT2D eigenvalue weighted by Crippen LogP contribution is 2.14. The summed E-state index contributed by atoms with van der Waals surface area (Å²) in [4.78, 5) is 27.4. The van der Waals surface area contributed by atoms with Crippen LogP contribution in [0, 0.1) is 0 Å². The maximum absolute atomic E-state index is 12.3. The minimum absolute atomic E-state index is 0.133. The van der Waals surface area contributed by atoms with Crippen molar-refractivity contribution in [3.8, 4) is 5.75 Å². The average molecular weight is 334 g/mol. The molecule has 24 heavy (non-hydrogen) atoms. The number of methoxy groups -OCH3 is 1. The molecule has 0 bridgehead atoms. The molecule has 1 atom stereocenters. The summed E-state index contributed by atoms with van der Waals surface area (Å²) in [5.41, 5.74) is 1.11. The smallest absolute Gasteiger partial charge is 0.320 e. The first kappa shape index (κ1) is 18.3. The van der Waals surface area contributed by atoms with Crippen LogP contribution in [0.15, 0.2) is 24.3 Å². The molecule has 1 fully saturated rings. The predicted octanol–water partition coefficient (Wildman–Crippen LogP) is 1.64. The lowest BCUT2D eigenvalue weighted by atomic mass is 10.1. The maximum atomic E-state index is 12.3. The fourth-order valence-corrected chi connectivity index (χ4v) is 3.07. The molecule has 1 aromatic carbocycles. The van der Waals surface area contributed by atoms with Crippen molar-refractivity contribution < 1.29 is 19.4 Å². The first-order chi connectivity index (χ1) is 11.5. The van der Waals surface area contributed by atoms with Gasteiger partial charge in [0.2, 0.25) is 5.91 Å². The lowest BCUT2D eigenvalue weighted by Gasteiger charge is -2.37. The first-order valence-corrected chi connectivity index (χ1v) is 8.42. The molecule has 1 aliphatic heterocycles. The summed E-state index contributed by atoms with van der Waals surface area (Å²) in [7, 11) is 1.63. The van der Waals surface area contributed by atoms with Gasteiger partial charge in [-0.25, -0.2) is 0 Å². The normalized spacial score (nSPS) is 16.7. The molecule has 2 rings (SSSR count). The van der Waals surface area contributed by atoms with Gasteiger partial charge in [-0.05, 0) is 30.5 Å². The summed E-state index contributed by atoms with van der Waals surface area (Å²) in [6.45, 7) is 4.33. The van der Waals surface area contributed by atoms with Crippen LogP contribution in [0.25, 0.3) is 0 Å². The van der Waals surface area contributed by atoms with Crippen molar-refractivity contribution in [2.75, 3.05) is 33.3 Å². The van der Waals surface area contributed by atoms with E-state index in [1.807, 2.05) is 41.0 Å². The van der Waals surface area contributed by atoms with E-state index in [4.69, 9.17) is 4.74 Å². The number of benzene rings is 1. The van der Waals surface area contributed by atoms with E-state index in [0.29, 0.717) is 45.4 Å². The van der Waals surface area contributed by atoms with Crippen molar-refractivity contribution in [3.05, 3.63) is 29.8 Å². The van der Waals surface area contributed by atoms with Gasteiger partial charge in [-0.1, -0.05) is 19.1 Å². The number of carbonyl (C=O) groups is 2. The highest BCUT2D eigenvalue weighted by Gasteiger charge is 2.28. The van der Waals surface area contributed by atoms with E-state index < -0.39 is 12.0 Å². The number of rotatable bonds is 7. The Labute approximate surface area is 143 Å². The molecule has 132 valence electrons. The molecular weight excluding hydrogens is 308 g/mol. The number of nitrogens with zero attached hydrogens (tertiary/aromatic N) is 2. The highest BCUT2D eigenvalue weighted by molar-refractivity contribution is 5.77. The molecule has 0 radical (unpaired) electrons. The van der Waals surface area contributed by atoms with Crippen molar-refractivity contribution in [2.24, 2.45) is 0 Å². The van der Waals surface area contributed by atoms with Gasteiger partial charge in [0.1, 0.15) is 11.8 Å². The third kappa shape index (κ3) is 4.71. The van der Waals surface area contributed by atoms with Crippen LogP contribution in [0.5, 0.6) is 5.75 Å². The zero-order chi connectivity index (χ0) is 17.5. The van der Waals surface area contributed by atoms with E-state index in [9.17, 15) is 14.7 Å². The Balaban J connectivity index is 1.79. The molecular formula is C18H26N2O4. The molecule has 1 amide bonds. The molecule has 1 unspecified atom stereocenters. The van der Waals surface area contributed by atoms with Gasteiger partial charge >= 0.3 is 5.97 Å². The summed E-state index contributed by atoms with van der Waals surface area (Å²) in [6.07, 6.45) is 1.76. The zero-order valence-electron chi connectivity index (χ0n) is 14.4. The van der Waals surface area contributed by atoms with Gasteiger partial charge in [0.15, 0.2) is 0 Å². The van der Waals surface area contributed by atoms with Crippen LogP contribution in [0.2, 0.25) is 0 Å². The molecule has 1 aliphatic rings. The molecule has 1 saturated heterocycles. The van der Waals surface area contributed by atoms with Crippen LogP contribution in [-0.2, 0) is 16.0 Å². The van der Waals surface area contributed by atoms with Gasteiger partial charge < -0.3 is 14.7 Å². The third-order valence-corrected chi connectivity index (χ3v) is 4.57. The van der Waals surface area contributed by atoms with Crippen LogP contribution >= 0.6 is 0 Å². The van der Waals surface area contributed by atoms with Crippen molar-refractivity contribution in [1.82, 2.24) is 9.80 Å². The summed E-state index contributed by atoms with van der Waals surface area (Å²) in [5, 5.41) is 9.22. The van der Waals surface area contributed by atoms with Crippen molar-refractivity contribution in [2.45, 2.75) is 32.2 Å². The molecule has 1 aromatic rings. The number of hydrogen-bond donors (Lipinski definition) is 1. The lowest BCUT2D eigenvalue weighted by molar-refractivity contribution is -0.144. The number of piperazine rings is 1. The number of amides is 1. The quantitative estimate of drug-likeness (QED) is 0.821. The summed E-state index contributed by atoms with van der Waals surface area (Å²) in [6, 6.07) is 7.30. The second-order valence-electron chi connectivity index (χ2n) is 6.03. The van der Waals surface area contributed by atoms with Crippen molar-refractivity contribution in [1.29, 1.82) is 0 Å². The molecule has 0 aliphatic carbocycles. The molecule has 6 nitrogen and oxygen atoms in total. The van der Waals surface area contributed by atoms with Crippen LogP contribution < -0.4 is 4.74 Å². The Bertz CT molecular complexity index is 551. The van der Waals surface area contributed by atoms with E-state index in [2.05, 4.69) is 0 Å². The Hall–Kier alpha value is -2.08.